The highest BCUT2D eigenvalue weighted by Crippen LogP contribution is 2.19. The van der Waals surface area contributed by atoms with Crippen LogP contribution in [0.15, 0.2) is 11.4 Å². The average Bonchev–Trinajstić information content (AvgIpc) is 2.93. The Morgan fingerprint density at radius 2 is 2.15 bits per heavy atom. The largest absolute Gasteiger partial charge is 0.350 e. The van der Waals surface area contributed by atoms with Gasteiger partial charge in [-0.25, -0.2) is 0 Å². The second kappa shape index (κ2) is 6.70. The normalized spacial score (nSPS) is 17.1. The van der Waals surface area contributed by atoms with Gasteiger partial charge < -0.3 is 10.6 Å². The molecule has 1 saturated heterocycles. The van der Waals surface area contributed by atoms with Crippen LogP contribution >= 0.6 is 11.3 Å². The molecule has 0 aliphatic carbocycles. The standard InChI is InChI=1S/C15H25N3OS/c1-4-12-5-10-20-13(12)11-17-14(19)15(2,3)18-8-6-16-7-9-18/h5,10,16H,4,6-9,11H2,1-3H3,(H,17,19). The zero-order valence-corrected chi connectivity index (χ0v) is 13.5. The SMILES string of the molecule is CCc1ccsc1CNC(=O)C(C)(C)N1CCNCC1. The molecule has 5 heteroatoms. The number of piperazine rings is 1. The molecule has 4 nitrogen and oxygen atoms in total. The summed E-state index contributed by atoms with van der Waals surface area (Å²) >= 11 is 1.72. The lowest BCUT2D eigenvalue weighted by Gasteiger charge is -2.39. The Morgan fingerprint density at radius 3 is 2.80 bits per heavy atom. The van der Waals surface area contributed by atoms with Crippen LogP contribution in [0.25, 0.3) is 0 Å². The summed E-state index contributed by atoms with van der Waals surface area (Å²) in [5, 5.41) is 8.53. The Bertz CT molecular complexity index is 450. The number of hydrogen-bond donors (Lipinski definition) is 2. The number of aryl methyl sites for hydroxylation is 1. The third-order valence-corrected chi connectivity index (χ3v) is 5.05. The molecule has 1 aromatic heterocycles. The molecule has 1 fully saturated rings. The summed E-state index contributed by atoms with van der Waals surface area (Å²) in [5.41, 5.74) is 0.904. The highest BCUT2D eigenvalue weighted by atomic mass is 32.1. The molecule has 1 aliphatic rings. The van der Waals surface area contributed by atoms with Crippen molar-refractivity contribution in [2.24, 2.45) is 0 Å². The number of amides is 1. The minimum Gasteiger partial charge on any atom is -0.350 e. The minimum atomic E-state index is -0.439. The van der Waals surface area contributed by atoms with Gasteiger partial charge in [0.25, 0.3) is 0 Å². The number of nitrogens with zero attached hydrogens (tertiary/aromatic N) is 1. The van der Waals surface area contributed by atoms with Crippen molar-refractivity contribution in [2.45, 2.75) is 39.3 Å². The fraction of sp³-hybridized carbons (Fsp3) is 0.667. The number of hydrogen-bond acceptors (Lipinski definition) is 4. The molecular formula is C15H25N3OS. The molecule has 0 radical (unpaired) electrons. The number of carbonyl (C=O) groups excluding carboxylic acids is 1. The van der Waals surface area contributed by atoms with Crippen molar-refractivity contribution >= 4 is 17.2 Å². The monoisotopic (exact) mass is 295 g/mol. The van der Waals surface area contributed by atoms with E-state index in [2.05, 4.69) is 33.9 Å². The summed E-state index contributed by atoms with van der Waals surface area (Å²) in [6.45, 7) is 10.6. The lowest BCUT2D eigenvalue weighted by Crippen LogP contribution is -2.59. The lowest BCUT2D eigenvalue weighted by atomic mass is 10.0. The van der Waals surface area contributed by atoms with E-state index in [1.165, 1.54) is 10.4 Å². The summed E-state index contributed by atoms with van der Waals surface area (Å²) in [5.74, 6) is 0.120. The Labute approximate surface area is 125 Å². The Balaban J connectivity index is 1.93. The topological polar surface area (TPSA) is 44.4 Å². The number of rotatable bonds is 5. The molecular weight excluding hydrogens is 270 g/mol. The molecule has 0 bridgehead atoms. The third-order valence-electron chi connectivity index (χ3n) is 4.09. The van der Waals surface area contributed by atoms with Crippen molar-refractivity contribution in [3.63, 3.8) is 0 Å². The minimum absolute atomic E-state index is 0.120. The van der Waals surface area contributed by atoms with E-state index in [4.69, 9.17) is 0 Å². The van der Waals surface area contributed by atoms with Crippen molar-refractivity contribution in [1.82, 2.24) is 15.5 Å². The summed E-state index contributed by atoms with van der Waals surface area (Å²) < 4.78 is 0. The molecule has 112 valence electrons. The van der Waals surface area contributed by atoms with Gasteiger partial charge in [0, 0.05) is 31.1 Å². The van der Waals surface area contributed by atoms with Gasteiger partial charge in [0.15, 0.2) is 0 Å². The second-order valence-corrected chi connectivity index (χ2v) is 6.70. The fourth-order valence-electron chi connectivity index (χ4n) is 2.58. The first kappa shape index (κ1) is 15.5. The molecule has 0 spiro atoms. The maximum Gasteiger partial charge on any atom is 0.240 e. The van der Waals surface area contributed by atoms with Crippen molar-refractivity contribution in [2.75, 3.05) is 26.2 Å². The van der Waals surface area contributed by atoms with Gasteiger partial charge in [0.05, 0.1) is 12.1 Å². The van der Waals surface area contributed by atoms with E-state index in [-0.39, 0.29) is 5.91 Å². The van der Waals surface area contributed by atoms with Crippen LogP contribution in [-0.2, 0) is 17.8 Å². The van der Waals surface area contributed by atoms with Crippen LogP contribution in [-0.4, -0.2) is 42.5 Å². The quantitative estimate of drug-likeness (QED) is 0.867. The van der Waals surface area contributed by atoms with Crippen LogP contribution < -0.4 is 10.6 Å². The molecule has 2 N–H and O–H groups in total. The summed E-state index contributed by atoms with van der Waals surface area (Å²) in [4.78, 5) is 16.0. The second-order valence-electron chi connectivity index (χ2n) is 5.70. The van der Waals surface area contributed by atoms with Crippen molar-refractivity contribution in [3.05, 3.63) is 21.9 Å². The van der Waals surface area contributed by atoms with Crippen LogP contribution in [0.4, 0.5) is 0 Å². The molecule has 20 heavy (non-hydrogen) atoms. The number of nitrogens with one attached hydrogen (secondary N) is 2. The molecule has 2 rings (SSSR count). The Kier molecular flexibility index (Phi) is 5.18. The highest BCUT2D eigenvalue weighted by Gasteiger charge is 2.34. The number of carbonyl (C=O) groups is 1. The van der Waals surface area contributed by atoms with Gasteiger partial charge in [-0.3, -0.25) is 9.69 Å². The summed E-state index contributed by atoms with van der Waals surface area (Å²) in [6, 6.07) is 2.15. The molecule has 0 atom stereocenters. The molecule has 0 unspecified atom stereocenters. The fourth-order valence-corrected chi connectivity index (χ4v) is 3.50. The predicted octanol–water partition coefficient (Wildman–Crippen LogP) is 1.61. The van der Waals surface area contributed by atoms with Crippen LogP contribution in [0.3, 0.4) is 0 Å². The molecule has 2 heterocycles. The van der Waals surface area contributed by atoms with Crippen LogP contribution in [0.5, 0.6) is 0 Å². The number of thiophene rings is 1. The van der Waals surface area contributed by atoms with Crippen LogP contribution in [0.2, 0.25) is 0 Å². The molecule has 1 aliphatic heterocycles. The molecule has 0 saturated carbocycles. The lowest BCUT2D eigenvalue weighted by molar-refractivity contribution is -0.132. The first-order valence-electron chi connectivity index (χ1n) is 7.35. The van der Waals surface area contributed by atoms with Crippen LogP contribution in [0, 0.1) is 0 Å². The average molecular weight is 295 g/mol. The molecule has 0 aromatic carbocycles. The zero-order chi connectivity index (χ0) is 14.6. The van der Waals surface area contributed by atoms with Gasteiger partial charge in [-0.05, 0) is 37.3 Å². The highest BCUT2D eigenvalue weighted by molar-refractivity contribution is 7.10. The van der Waals surface area contributed by atoms with E-state index in [0.29, 0.717) is 6.54 Å². The van der Waals surface area contributed by atoms with E-state index in [0.717, 1.165) is 32.6 Å². The van der Waals surface area contributed by atoms with E-state index >= 15 is 0 Å². The van der Waals surface area contributed by atoms with Crippen LogP contribution in [0.1, 0.15) is 31.2 Å². The van der Waals surface area contributed by atoms with Crippen molar-refractivity contribution in [1.29, 1.82) is 0 Å². The molecule has 1 aromatic rings. The van der Waals surface area contributed by atoms with Crippen molar-refractivity contribution < 1.29 is 4.79 Å². The third kappa shape index (κ3) is 3.40. The smallest absolute Gasteiger partial charge is 0.240 e. The van der Waals surface area contributed by atoms with E-state index in [1.54, 1.807) is 11.3 Å². The van der Waals surface area contributed by atoms with Gasteiger partial charge in [-0.2, -0.15) is 0 Å². The molecule has 1 amide bonds. The van der Waals surface area contributed by atoms with E-state index in [1.807, 2.05) is 13.8 Å². The first-order valence-corrected chi connectivity index (χ1v) is 8.23. The van der Waals surface area contributed by atoms with Gasteiger partial charge in [-0.15, -0.1) is 11.3 Å². The predicted molar refractivity (Wildman–Crippen MR) is 84.1 cm³/mol. The Hall–Kier alpha value is -0.910. The van der Waals surface area contributed by atoms with Gasteiger partial charge in [0.2, 0.25) is 5.91 Å². The van der Waals surface area contributed by atoms with E-state index < -0.39 is 5.54 Å². The summed E-state index contributed by atoms with van der Waals surface area (Å²) in [6.07, 6.45) is 1.02. The maximum atomic E-state index is 12.5. The summed E-state index contributed by atoms with van der Waals surface area (Å²) in [7, 11) is 0. The first-order chi connectivity index (χ1) is 9.55. The van der Waals surface area contributed by atoms with Gasteiger partial charge in [0.1, 0.15) is 0 Å². The van der Waals surface area contributed by atoms with E-state index in [9.17, 15) is 4.79 Å². The zero-order valence-electron chi connectivity index (χ0n) is 12.7. The maximum absolute atomic E-state index is 12.5. The Morgan fingerprint density at radius 1 is 1.45 bits per heavy atom. The van der Waals surface area contributed by atoms with Gasteiger partial charge >= 0.3 is 0 Å². The van der Waals surface area contributed by atoms with Gasteiger partial charge in [-0.1, -0.05) is 6.92 Å². The van der Waals surface area contributed by atoms with Crippen molar-refractivity contribution in [3.8, 4) is 0 Å².